The van der Waals surface area contributed by atoms with Crippen LogP contribution in [0.25, 0.3) is 0 Å². The van der Waals surface area contributed by atoms with E-state index in [0.717, 1.165) is 4.72 Å². The van der Waals surface area contributed by atoms with E-state index in [1.165, 1.54) is 0 Å². The van der Waals surface area contributed by atoms with Crippen LogP contribution in [0.5, 0.6) is 0 Å². The summed E-state index contributed by atoms with van der Waals surface area (Å²) < 4.78 is 0.718. The van der Waals surface area contributed by atoms with Gasteiger partial charge in [0.2, 0.25) is 0 Å². The molecule has 1 rings (SSSR count). The molecule has 0 fully saturated rings. The fourth-order valence-corrected chi connectivity index (χ4v) is 0.416. The Hall–Kier alpha value is -0.271. The van der Waals surface area contributed by atoms with Crippen molar-refractivity contribution in [3.8, 4) is 0 Å². The van der Waals surface area contributed by atoms with Crippen molar-refractivity contribution in [2.45, 2.75) is 0 Å². The summed E-state index contributed by atoms with van der Waals surface area (Å²) in [6, 6.07) is 0. The normalized spacial score (nSPS) is 8.83. The van der Waals surface area contributed by atoms with Crippen LogP contribution in [0.15, 0.2) is 12.4 Å². The first-order chi connectivity index (χ1) is 2.89. The molecule has 0 unspecified atom stereocenters. The molecule has 1 heterocycles. The van der Waals surface area contributed by atoms with E-state index in [4.69, 9.17) is 0 Å². The van der Waals surface area contributed by atoms with Gasteiger partial charge >= 0.3 is 43.1 Å². The Balaban J connectivity index is 3.05. The van der Waals surface area contributed by atoms with E-state index in [9.17, 15) is 0 Å². The zero-order valence-electron chi connectivity index (χ0n) is 2.96. The Morgan fingerprint density at radius 3 is 2.83 bits per heavy atom. The van der Waals surface area contributed by atoms with Gasteiger partial charge in [0, 0.05) is 0 Å². The second kappa shape index (κ2) is 1.45. The van der Waals surface area contributed by atoms with Gasteiger partial charge in [0.15, 0.2) is 0 Å². The van der Waals surface area contributed by atoms with Crippen molar-refractivity contribution in [3.63, 3.8) is 0 Å². The summed E-state index contributed by atoms with van der Waals surface area (Å²) in [6.45, 7) is 0. The predicted molar refractivity (Wildman–Crippen MR) is 18.2 cm³/mol. The number of nitrogens with one attached hydrogen (secondary N) is 1. The maximum atomic E-state index is 3.75. The molecule has 0 aromatic carbocycles. The minimum atomic E-state index is 0.718. The summed E-state index contributed by atoms with van der Waals surface area (Å²) in [6.07, 6.45) is 3.41. The molecule has 6 heavy (non-hydrogen) atoms. The second-order valence-corrected chi connectivity index (χ2v) is 1.39. The van der Waals surface area contributed by atoms with Crippen LogP contribution in [0, 0.1) is 0 Å². The van der Waals surface area contributed by atoms with Gasteiger partial charge in [0.05, 0.1) is 0 Å². The molecule has 3 heteroatoms. The standard InChI is InChI=1S/C3H3N2.Fe/c1-2-5-3-4-1;/h1-2H,(H,4,5);. The van der Waals surface area contributed by atoms with Gasteiger partial charge in [0.25, 0.3) is 0 Å². The fourth-order valence-electron chi connectivity index (χ4n) is 0.242. The molecule has 0 spiro atoms. The molecule has 0 bridgehead atoms. The van der Waals surface area contributed by atoms with Crippen LogP contribution in [-0.2, 0) is 16.0 Å². The Bertz CT molecular complexity index is 112. The van der Waals surface area contributed by atoms with E-state index in [0.29, 0.717) is 0 Å². The monoisotopic (exact) mass is 123 g/mol. The number of nitrogens with zero attached hydrogens (tertiary/aromatic N) is 1. The Morgan fingerprint density at radius 1 is 1.83 bits per heavy atom. The van der Waals surface area contributed by atoms with E-state index < -0.39 is 0 Å². The number of aromatic nitrogens is 2. The van der Waals surface area contributed by atoms with Crippen molar-refractivity contribution >= 4 is 4.72 Å². The molecule has 0 aliphatic heterocycles. The Kier molecular flexibility index (Phi) is 0.945. The van der Waals surface area contributed by atoms with Gasteiger partial charge in [-0.05, 0) is 0 Å². The van der Waals surface area contributed by atoms with E-state index in [1.54, 1.807) is 12.4 Å². The van der Waals surface area contributed by atoms with Crippen LogP contribution in [0.3, 0.4) is 0 Å². The summed E-state index contributed by atoms with van der Waals surface area (Å²) in [5, 5.41) is 0. The third-order valence-electron chi connectivity index (χ3n) is 0.458. The average Bonchev–Trinajstić information content (AvgIpc) is 1.86. The van der Waals surface area contributed by atoms with Gasteiger partial charge in [0.1, 0.15) is 0 Å². The number of hydrogen-bond donors (Lipinski definition) is 1. The summed E-state index contributed by atoms with van der Waals surface area (Å²) in [5.74, 6) is 0. The van der Waals surface area contributed by atoms with Gasteiger partial charge < -0.3 is 0 Å². The third-order valence-corrected chi connectivity index (χ3v) is 0.760. The summed E-state index contributed by atoms with van der Waals surface area (Å²) in [5.41, 5.74) is 0. The fraction of sp³-hybridized carbons (Fsp3) is 0. The van der Waals surface area contributed by atoms with Gasteiger partial charge in [-0.1, -0.05) is 0 Å². The Labute approximate surface area is 43.8 Å². The predicted octanol–water partition coefficient (Wildman–Crippen LogP) is -0.418. The van der Waals surface area contributed by atoms with Crippen LogP contribution in [0.1, 0.15) is 0 Å². The van der Waals surface area contributed by atoms with Crippen molar-refractivity contribution in [1.29, 1.82) is 0 Å². The first-order valence-corrected chi connectivity index (χ1v) is 2.08. The van der Waals surface area contributed by atoms with Crippen LogP contribution < -0.4 is 4.72 Å². The molecular formula is C3H3FeN2. The van der Waals surface area contributed by atoms with E-state index in [1.807, 2.05) is 0 Å². The summed E-state index contributed by atoms with van der Waals surface area (Å²) in [4.78, 5) is 6.53. The Morgan fingerprint density at radius 2 is 2.67 bits per heavy atom. The van der Waals surface area contributed by atoms with Crippen molar-refractivity contribution in [3.05, 3.63) is 12.4 Å². The van der Waals surface area contributed by atoms with E-state index in [2.05, 4.69) is 26.0 Å². The molecule has 0 saturated heterocycles. The van der Waals surface area contributed by atoms with E-state index >= 15 is 0 Å². The molecule has 2 nitrogen and oxygen atoms in total. The first kappa shape index (κ1) is 3.90. The van der Waals surface area contributed by atoms with Gasteiger partial charge in [-0.15, -0.1) is 0 Å². The molecule has 1 aromatic rings. The van der Waals surface area contributed by atoms with E-state index in [-0.39, 0.29) is 0 Å². The molecule has 1 aromatic heterocycles. The van der Waals surface area contributed by atoms with Crippen LogP contribution >= 0.6 is 0 Å². The van der Waals surface area contributed by atoms with Gasteiger partial charge in [-0.2, -0.15) is 0 Å². The molecule has 0 atom stereocenters. The first-order valence-electron chi connectivity index (χ1n) is 1.53. The molecule has 0 amide bonds. The number of rotatable bonds is 0. The molecule has 33 valence electrons. The van der Waals surface area contributed by atoms with Gasteiger partial charge in [-0.25, -0.2) is 0 Å². The molecule has 0 radical (unpaired) electrons. The molecule has 0 aliphatic rings. The molecule has 0 saturated carbocycles. The number of H-pyrrole nitrogens is 1. The number of hydrogen-bond acceptors (Lipinski definition) is 1. The van der Waals surface area contributed by atoms with Crippen LogP contribution in [-0.4, -0.2) is 9.97 Å². The van der Waals surface area contributed by atoms with Crippen LogP contribution in [0.2, 0.25) is 0 Å². The SMILES string of the molecule is [Fe][c]1ncc[nH]1. The summed E-state index contributed by atoms with van der Waals surface area (Å²) in [7, 11) is 0. The second-order valence-electron chi connectivity index (χ2n) is 0.868. The van der Waals surface area contributed by atoms with Crippen LogP contribution in [0.4, 0.5) is 0 Å². The minimum absolute atomic E-state index is 0.718. The number of imidazole rings is 1. The summed E-state index contributed by atoms with van der Waals surface area (Å²) >= 11 is 3.51. The maximum absolute atomic E-state index is 3.75. The van der Waals surface area contributed by atoms with Crippen molar-refractivity contribution in [1.82, 2.24) is 9.97 Å². The van der Waals surface area contributed by atoms with Gasteiger partial charge in [-0.3, -0.25) is 0 Å². The number of aromatic amines is 1. The van der Waals surface area contributed by atoms with Crippen molar-refractivity contribution in [2.75, 3.05) is 0 Å². The molecule has 0 aliphatic carbocycles. The average molecular weight is 123 g/mol. The van der Waals surface area contributed by atoms with Crippen molar-refractivity contribution < 1.29 is 16.0 Å². The molecular weight excluding hydrogens is 120 g/mol. The zero-order valence-corrected chi connectivity index (χ0v) is 4.06. The zero-order chi connectivity index (χ0) is 4.41. The molecule has 1 N–H and O–H groups in total. The van der Waals surface area contributed by atoms with Crippen molar-refractivity contribution in [2.24, 2.45) is 0 Å². The quantitative estimate of drug-likeness (QED) is 0.466. The topological polar surface area (TPSA) is 28.7 Å². The third kappa shape index (κ3) is 0.614.